The van der Waals surface area contributed by atoms with E-state index in [2.05, 4.69) is 37.3 Å². The molecule has 7 N–H and O–H groups in total. The zero-order valence-electron chi connectivity index (χ0n) is 17.8. The Morgan fingerprint density at radius 3 is 2.27 bits per heavy atom. The van der Waals surface area contributed by atoms with Gasteiger partial charge < -0.3 is 31.3 Å². The van der Waals surface area contributed by atoms with E-state index >= 15 is 0 Å². The fraction of sp³-hybridized carbons (Fsp3) is 0.455. The van der Waals surface area contributed by atoms with Crippen LogP contribution in [-0.2, 0) is 4.79 Å². The Morgan fingerprint density at radius 1 is 1.13 bits per heavy atom. The lowest BCUT2D eigenvalue weighted by atomic mass is 9.69. The minimum Gasteiger partial charge on any atom is -0.478 e. The van der Waals surface area contributed by atoms with Crippen LogP contribution in [0, 0.1) is 30.6 Å². The molecular weight excluding hydrogens is 384 g/mol. The van der Waals surface area contributed by atoms with Crippen molar-refractivity contribution in [3.05, 3.63) is 27.4 Å². The van der Waals surface area contributed by atoms with Crippen molar-refractivity contribution in [1.82, 2.24) is 9.97 Å². The number of rotatable bonds is 4. The van der Waals surface area contributed by atoms with Crippen LogP contribution in [0.4, 0.5) is 11.6 Å². The van der Waals surface area contributed by atoms with Crippen LogP contribution in [0.15, 0.2) is 0 Å². The topological polar surface area (TPSA) is 147 Å². The molecule has 0 amide bonds. The molecular formula is C22H30N4O4. The lowest BCUT2D eigenvalue weighted by molar-refractivity contribution is -0.144. The molecule has 1 saturated carbocycles. The van der Waals surface area contributed by atoms with Crippen molar-refractivity contribution in [1.29, 1.82) is 0 Å². The third-order valence-electron chi connectivity index (χ3n) is 6.18. The Hall–Kier alpha value is -3.16. The molecule has 8 heteroatoms. The summed E-state index contributed by atoms with van der Waals surface area (Å²) in [6.07, 6.45) is 3.65. The van der Waals surface area contributed by atoms with E-state index in [0.717, 1.165) is 12.8 Å². The van der Waals surface area contributed by atoms with Crippen molar-refractivity contribution in [3.8, 4) is 5.75 Å². The standard InChI is InChI=1S/C22H30N4O4/c1-9-6-10(2)16(11(3)7-9)22(29)30-18-13(5)15(26-20(18)24)8-14-12(4)17(21(27)28)19(23)25-14/h8-11,16,25-26H,4,6-7,23-24H2,1-3,5H3,(H,27,28)/b14-8-. The molecule has 2 unspecified atom stereocenters. The maximum absolute atomic E-state index is 12.9. The fourth-order valence-electron chi connectivity index (χ4n) is 4.84. The largest absolute Gasteiger partial charge is 0.478 e. The number of aromatic carboxylic acids is 1. The number of esters is 1. The molecule has 3 rings (SSSR count). The molecule has 30 heavy (non-hydrogen) atoms. The number of carbonyl (C=O) groups excluding carboxylic acids is 1. The number of nitrogen functional groups attached to an aromatic ring is 2. The van der Waals surface area contributed by atoms with E-state index in [0.29, 0.717) is 28.3 Å². The molecule has 0 spiro atoms. The lowest BCUT2D eigenvalue weighted by Gasteiger charge is -2.36. The Bertz CT molecular complexity index is 1090. The van der Waals surface area contributed by atoms with Gasteiger partial charge in [-0.15, -0.1) is 0 Å². The lowest BCUT2D eigenvalue weighted by Crippen LogP contribution is -2.37. The maximum Gasteiger partial charge on any atom is 0.340 e. The van der Waals surface area contributed by atoms with Gasteiger partial charge in [0.2, 0.25) is 0 Å². The molecule has 162 valence electrons. The van der Waals surface area contributed by atoms with Crippen LogP contribution in [0.1, 0.15) is 55.2 Å². The third-order valence-corrected chi connectivity index (χ3v) is 6.18. The van der Waals surface area contributed by atoms with Crippen molar-refractivity contribution in [2.24, 2.45) is 23.7 Å². The van der Waals surface area contributed by atoms with E-state index in [-0.39, 0.29) is 46.1 Å². The van der Waals surface area contributed by atoms with Crippen molar-refractivity contribution in [2.75, 3.05) is 11.5 Å². The second kappa shape index (κ2) is 7.93. The summed E-state index contributed by atoms with van der Waals surface area (Å²) in [6, 6.07) is 0. The maximum atomic E-state index is 12.9. The van der Waals surface area contributed by atoms with Crippen LogP contribution in [0.5, 0.6) is 5.75 Å². The number of aromatic nitrogens is 2. The average Bonchev–Trinajstić information content (AvgIpc) is 3.04. The van der Waals surface area contributed by atoms with Crippen LogP contribution in [0.3, 0.4) is 0 Å². The van der Waals surface area contributed by atoms with Gasteiger partial charge in [-0.05, 0) is 43.6 Å². The first-order valence-corrected chi connectivity index (χ1v) is 10.1. The number of carboxylic acids is 1. The number of nitrogens with one attached hydrogen (secondary N) is 2. The predicted molar refractivity (Wildman–Crippen MR) is 116 cm³/mol. The molecule has 2 aromatic rings. The summed E-state index contributed by atoms with van der Waals surface area (Å²) in [4.78, 5) is 30.1. The molecule has 0 radical (unpaired) electrons. The van der Waals surface area contributed by atoms with Gasteiger partial charge in [-0.25, -0.2) is 4.79 Å². The Balaban J connectivity index is 1.92. The number of carboxylic acid groups (broad SMARTS) is 1. The number of H-pyrrole nitrogens is 2. The minimum absolute atomic E-state index is 0.0251. The first kappa shape index (κ1) is 21.5. The number of ether oxygens (including phenoxy) is 1. The number of aromatic amines is 2. The van der Waals surface area contributed by atoms with Crippen molar-refractivity contribution >= 4 is 36.2 Å². The molecule has 1 aliphatic carbocycles. The number of carbonyl (C=O) groups is 2. The number of hydrogen-bond acceptors (Lipinski definition) is 5. The van der Waals surface area contributed by atoms with E-state index < -0.39 is 5.97 Å². The van der Waals surface area contributed by atoms with Gasteiger partial charge in [0.15, 0.2) is 5.75 Å². The first-order valence-electron chi connectivity index (χ1n) is 10.1. The van der Waals surface area contributed by atoms with E-state index in [1.54, 1.807) is 13.0 Å². The summed E-state index contributed by atoms with van der Waals surface area (Å²) < 4.78 is 5.75. The number of nitrogens with two attached hydrogens (primary N) is 2. The van der Waals surface area contributed by atoms with Gasteiger partial charge in [-0.3, -0.25) is 4.79 Å². The highest BCUT2D eigenvalue weighted by atomic mass is 16.5. The van der Waals surface area contributed by atoms with E-state index in [4.69, 9.17) is 16.2 Å². The van der Waals surface area contributed by atoms with Crippen molar-refractivity contribution < 1.29 is 19.4 Å². The summed E-state index contributed by atoms with van der Waals surface area (Å²) in [5.41, 5.74) is 13.0. The highest BCUT2D eigenvalue weighted by Crippen LogP contribution is 2.39. The summed E-state index contributed by atoms with van der Waals surface area (Å²) in [6.45, 7) is 12.0. The van der Waals surface area contributed by atoms with Gasteiger partial charge in [0.1, 0.15) is 17.2 Å². The van der Waals surface area contributed by atoms with Gasteiger partial charge in [0.25, 0.3) is 0 Å². The fourth-order valence-corrected chi connectivity index (χ4v) is 4.84. The zero-order valence-corrected chi connectivity index (χ0v) is 17.8. The highest BCUT2D eigenvalue weighted by Gasteiger charge is 2.38. The van der Waals surface area contributed by atoms with Gasteiger partial charge in [-0.1, -0.05) is 27.4 Å². The highest BCUT2D eigenvalue weighted by molar-refractivity contribution is 5.93. The molecule has 0 saturated heterocycles. The number of hydrogen-bond donors (Lipinski definition) is 5. The molecule has 0 aromatic carbocycles. The zero-order chi connectivity index (χ0) is 22.3. The Morgan fingerprint density at radius 2 is 1.73 bits per heavy atom. The normalized spacial score (nSPS) is 24.7. The average molecular weight is 415 g/mol. The summed E-state index contributed by atoms with van der Waals surface area (Å²) in [5, 5.41) is 9.98. The molecule has 0 aliphatic heterocycles. The molecule has 8 nitrogen and oxygen atoms in total. The summed E-state index contributed by atoms with van der Waals surface area (Å²) in [7, 11) is 0. The van der Waals surface area contributed by atoms with E-state index in [1.807, 2.05) is 0 Å². The van der Waals surface area contributed by atoms with Crippen LogP contribution in [0.25, 0.3) is 12.7 Å². The second-order valence-electron chi connectivity index (χ2n) is 8.64. The number of anilines is 2. The smallest absolute Gasteiger partial charge is 0.340 e. The molecule has 2 heterocycles. The Labute approximate surface area is 175 Å². The van der Waals surface area contributed by atoms with E-state index in [1.165, 1.54) is 0 Å². The van der Waals surface area contributed by atoms with Gasteiger partial charge in [0.05, 0.1) is 5.92 Å². The summed E-state index contributed by atoms with van der Waals surface area (Å²) in [5.74, 6) is 0.0501. The van der Waals surface area contributed by atoms with Gasteiger partial charge in [-0.2, -0.15) is 0 Å². The van der Waals surface area contributed by atoms with E-state index in [9.17, 15) is 14.7 Å². The van der Waals surface area contributed by atoms with Crippen molar-refractivity contribution in [2.45, 2.75) is 40.5 Å². The molecule has 1 fully saturated rings. The van der Waals surface area contributed by atoms with Crippen LogP contribution < -0.4 is 26.8 Å². The quantitative estimate of drug-likeness (QED) is 0.483. The third kappa shape index (κ3) is 3.81. The molecule has 0 bridgehead atoms. The van der Waals surface area contributed by atoms with Crippen LogP contribution in [0.2, 0.25) is 0 Å². The van der Waals surface area contributed by atoms with Gasteiger partial charge in [0, 0.05) is 21.8 Å². The van der Waals surface area contributed by atoms with Gasteiger partial charge >= 0.3 is 11.9 Å². The monoisotopic (exact) mass is 414 g/mol. The molecule has 2 aromatic heterocycles. The predicted octanol–water partition coefficient (Wildman–Crippen LogP) is 1.98. The Kier molecular flexibility index (Phi) is 5.70. The van der Waals surface area contributed by atoms with Crippen LogP contribution in [-0.4, -0.2) is 27.0 Å². The SMILES string of the molecule is C=c1c(C(=O)O)c(N)[nH]/c1=C\c1[nH]c(N)c(OC(=O)C2C(C)CC(C)CC2C)c1C. The van der Waals surface area contributed by atoms with Crippen LogP contribution >= 0.6 is 0 Å². The summed E-state index contributed by atoms with van der Waals surface area (Å²) >= 11 is 0. The minimum atomic E-state index is -1.16. The van der Waals surface area contributed by atoms with Crippen molar-refractivity contribution in [3.63, 3.8) is 0 Å². The second-order valence-corrected chi connectivity index (χ2v) is 8.64. The molecule has 1 aliphatic rings. The molecule has 2 atom stereocenters. The first-order chi connectivity index (χ1) is 14.0.